The van der Waals surface area contributed by atoms with Gasteiger partial charge < -0.3 is 39.9 Å². The van der Waals surface area contributed by atoms with E-state index in [0.717, 1.165) is 15.6 Å². The van der Waals surface area contributed by atoms with Crippen LogP contribution in [-0.2, 0) is 23.7 Å². The van der Waals surface area contributed by atoms with E-state index < -0.39 is 0 Å². The van der Waals surface area contributed by atoms with E-state index in [2.05, 4.69) is 40.2 Å². The van der Waals surface area contributed by atoms with Gasteiger partial charge in [0, 0.05) is 21.5 Å². The van der Waals surface area contributed by atoms with E-state index in [1.807, 2.05) is 72.8 Å². The van der Waals surface area contributed by atoms with Gasteiger partial charge in [-0.2, -0.15) is 12.1 Å². The van der Waals surface area contributed by atoms with Crippen molar-refractivity contribution in [3.05, 3.63) is 130 Å². The second-order valence-corrected chi connectivity index (χ2v) is 6.93. The van der Waals surface area contributed by atoms with Gasteiger partial charge in [-0.15, -0.1) is 23.8 Å². The SMILES string of the molecule is O=C(C=C[c-]1cccc1)c1cc(Br)ccc1OCc1ccccc1.[Fe].[c-]1[c-][c-][cH-][c-]1. The topological polar surface area (TPSA) is 26.3 Å². The average molecular weight is 497 g/mol. The molecule has 4 rings (SSSR count). The second kappa shape index (κ2) is 12.8. The smallest absolute Gasteiger partial charge is 0.149 e. The zero-order valence-corrected chi connectivity index (χ0v) is 18.6. The summed E-state index contributed by atoms with van der Waals surface area (Å²) in [6.45, 7) is 0.426. The summed E-state index contributed by atoms with van der Waals surface area (Å²) in [7, 11) is 0. The number of halogens is 1. The van der Waals surface area contributed by atoms with Crippen molar-refractivity contribution in [3.8, 4) is 5.75 Å². The predicted octanol–water partition coefficient (Wildman–Crippen LogP) is 6.25. The molecular formula is C26H17BrFeO2-6. The van der Waals surface area contributed by atoms with Gasteiger partial charge in [-0.25, -0.2) is 0 Å². The normalized spacial score (nSPS) is 10.0. The Morgan fingerprint density at radius 1 is 1.03 bits per heavy atom. The zero-order chi connectivity index (χ0) is 20.3. The molecule has 0 aliphatic heterocycles. The third-order valence-electron chi connectivity index (χ3n) is 3.91. The van der Waals surface area contributed by atoms with Gasteiger partial charge in [0.25, 0.3) is 0 Å². The van der Waals surface area contributed by atoms with Crippen molar-refractivity contribution >= 4 is 27.8 Å². The molecule has 0 saturated carbocycles. The standard InChI is InChI=1S/C21H16BrO2.C5H.Fe/c22-18-11-13-21(24-15-17-8-2-1-3-9-17)19(14-18)20(23)12-10-16-6-4-5-7-16;1-2-4-5-3-1;/h1-14H,15H2;1H;/q-1;-5;. The van der Waals surface area contributed by atoms with E-state index in [1.54, 1.807) is 18.2 Å². The first-order chi connectivity index (χ1) is 14.2. The summed E-state index contributed by atoms with van der Waals surface area (Å²) in [6.07, 6.45) is 3.39. The van der Waals surface area contributed by atoms with Crippen LogP contribution in [0.15, 0.2) is 89.4 Å². The molecule has 0 heterocycles. The molecule has 0 aliphatic rings. The van der Waals surface area contributed by atoms with Gasteiger partial charge in [-0.3, -0.25) is 0 Å². The Hall–Kier alpha value is -2.65. The van der Waals surface area contributed by atoms with E-state index in [-0.39, 0.29) is 22.9 Å². The first-order valence-electron chi connectivity index (χ1n) is 8.95. The Labute approximate surface area is 196 Å². The number of allylic oxidation sites excluding steroid dienone is 1. The number of hydrogen-bond donors (Lipinski definition) is 0. The quantitative estimate of drug-likeness (QED) is 0.136. The number of rotatable bonds is 6. The van der Waals surface area contributed by atoms with E-state index in [9.17, 15) is 4.79 Å². The summed E-state index contributed by atoms with van der Waals surface area (Å²) in [5.41, 5.74) is 2.61. The number of ether oxygens (including phenoxy) is 1. The summed E-state index contributed by atoms with van der Waals surface area (Å²) >= 11 is 3.42. The molecule has 0 spiro atoms. The largest absolute Gasteiger partial charge is 0.999 e. The summed E-state index contributed by atoms with van der Waals surface area (Å²) in [5.74, 6) is 0.500. The maximum absolute atomic E-state index is 12.5. The monoisotopic (exact) mass is 496 g/mol. The minimum atomic E-state index is -0.0828. The molecule has 0 aromatic heterocycles. The molecule has 0 amide bonds. The first-order valence-corrected chi connectivity index (χ1v) is 9.75. The third-order valence-corrected chi connectivity index (χ3v) is 4.40. The van der Waals surface area contributed by atoms with E-state index >= 15 is 0 Å². The molecule has 0 aliphatic carbocycles. The number of carbonyl (C=O) groups excluding carboxylic acids is 1. The molecule has 0 atom stereocenters. The second-order valence-electron chi connectivity index (χ2n) is 6.01. The van der Waals surface area contributed by atoms with Crippen molar-refractivity contribution in [1.29, 1.82) is 0 Å². The maximum atomic E-state index is 12.5. The molecule has 154 valence electrons. The predicted molar refractivity (Wildman–Crippen MR) is 118 cm³/mol. The molecule has 0 saturated heterocycles. The fraction of sp³-hybridized carbons (Fsp3) is 0.0385. The number of hydrogen-bond acceptors (Lipinski definition) is 2. The van der Waals surface area contributed by atoms with Crippen molar-refractivity contribution in [2.45, 2.75) is 6.61 Å². The van der Waals surface area contributed by atoms with Crippen LogP contribution in [0.2, 0.25) is 0 Å². The van der Waals surface area contributed by atoms with Crippen molar-refractivity contribution in [2.24, 2.45) is 0 Å². The van der Waals surface area contributed by atoms with E-state index in [4.69, 9.17) is 4.74 Å². The van der Waals surface area contributed by atoms with Crippen molar-refractivity contribution < 1.29 is 26.6 Å². The zero-order valence-electron chi connectivity index (χ0n) is 15.9. The van der Waals surface area contributed by atoms with Gasteiger partial charge in [0.2, 0.25) is 0 Å². The van der Waals surface area contributed by atoms with Crippen LogP contribution in [0.1, 0.15) is 21.5 Å². The Morgan fingerprint density at radius 3 is 2.37 bits per heavy atom. The minimum absolute atomic E-state index is 0. The third kappa shape index (κ3) is 7.64. The summed E-state index contributed by atoms with van der Waals surface area (Å²) in [6, 6.07) is 35.2. The van der Waals surface area contributed by atoms with Crippen LogP contribution < -0.4 is 4.74 Å². The van der Waals surface area contributed by atoms with E-state index in [1.165, 1.54) is 0 Å². The van der Waals surface area contributed by atoms with Crippen LogP contribution in [0, 0.1) is 24.3 Å². The molecule has 4 heteroatoms. The Balaban J connectivity index is 0.000000468. The fourth-order valence-electron chi connectivity index (χ4n) is 2.50. The van der Waals surface area contributed by atoms with Crippen molar-refractivity contribution in [1.82, 2.24) is 0 Å². The Morgan fingerprint density at radius 2 is 1.73 bits per heavy atom. The molecule has 4 aromatic carbocycles. The number of ketones is 1. The Kier molecular flexibility index (Phi) is 10.1. The molecule has 0 radical (unpaired) electrons. The molecule has 30 heavy (non-hydrogen) atoms. The molecule has 0 bridgehead atoms. The number of carbonyl (C=O) groups is 1. The van der Waals surface area contributed by atoms with Gasteiger partial charge in [0.1, 0.15) is 18.1 Å². The van der Waals surface area contributed by atoms with E-state index in [0.29, 0.717) is 17.9 Å². The maximum Gasteiger partial charge on any atom is 0.149 e. The molecule has 2 nitrogen and oxygen atoms in total. The van der Waals surface area contributed by atoms with Crippen LogP contribution in [0.4, 0.5) is 0 Å². The molecule has 0 fully saturated rings. The molecule has 0 unspecified atom stereocenters. The molecule has 0 N–H and O–H groups in total. The van der Waals surface area contributed by atoms with Crippen LogP contribution in [0.5, 0.6) is 5.75 Å². The van der Waals surface area contributed by atoms with Crippen LogP contribution in [-0.4, -0.2) is 5.78 Å². The first kappa shape index (κ1) is 23.6. The summed E-state index contributed by atoms with van der Waals surface area (Å²) in [5, 5.41) is 0. The van der Waals surface area contributed by atoms with Crippen LogP contribution >= 0.6 is 15.9 Å². The van der Waals surface area contributed by atoms with Gasteiger partial charge >= 0.3 is 0 Å². The average Bonchev–Trinajstić information content (AvgIpc) is 3.48. The molecule has 4 aromatic rings. The summed E-state index contributed by atoms with van der Waals surface area (Å²) in [4.78, 5) is 12.5. The summed E-state index contributed by atoms with van der Waals surface area (Å²) < 4.78 is 6.71. The Bertz CT molecular complexity index is 1000. The number of benzene rings is 2. The fourth-order valence-corrected chi connectivity index (χ4v) is 2.86. The van der Waals surface area contributed by atoms with Gasteiger partial charge in [0.15, 0.2) is 0 Å². The van der Waals surface area contributed by atoms with Crippen molar-refractivity contribution in [3.63, 3.8) is 0 Å². The molecular weight excluding hydrogens is 480 g/mol. The van der Waals surface area contributed by atoms with Gasteiger partial charge in [-0.05, 0) is 23.8 Å². The van der Waals surface area contributed by atoms with Crippen molar-refractivity contribution in [2.75, 3.05) is 0 Å². The van der Waals surface area contributed by atoms with Crippen LogP contribution in [0.3, 0.4) is 0 Å². The van der Waals surface area contributed by atoms with Crippen LogP contribution in [0.25, 0.3) is 6.08 Å². The minimum Gasteiger partial charge on any atom is -0.999 e. The van der Waals surface area contributed by atoms with Gasteiger partial charge in [-0.1, -0.05) is 52.3 Å². The van der Waals surface area contributed by atoms with Gasteiger partial charge in [0.05, 0.1) is 5.56 Å².